The van der Waals surface area contributed by atoms with E-state index < -0.39 is 6.10 Å². The van der Waals surface area contributed by atoms with Crippen LogP contribution in [0.3, 0.4) is 0 Å². The van der Waals surface area contributed by atoms with Gasteiger partial charge < -0.3 is 15.4 Å². The summed E-state index contributed by atoms with van der Waals surface area (Å²) in [5.41, 5.74) is 8.78. The van der Waals surface area contributed by atoms with Crippen LogP contribution in [0.25, 0.3) is 21.9 Å². The predicted molar refractivity (Wildman–Crippen MR) is 91.1 cm³/mol. The van der Waals surface area contributed by atoms with E-state index in [-0.39, 0.29) is 0 Å². The Labute approximate surface area is 135 Å². The molecule has 120 valence electrons. The van der Waals surface area contributed by atoms with Gasteiger partial charge in [-0.3, -0.25) is 4.98 Å². The van der Waals surface area contributed by atoms with Gasteiger partial charge in [0.25, 0.3) is 0 Å². The molecule has 2 heterocycles. The van der Waals surface area contributed by atoms with Crippen molar-refractivity contribution in [3.8, 4) is 0 Å². The van der Waals surface area contributed by atoms with Gasteiger partial charge in [0.05, 0.1) is 17.2 Å². The molecule has 2 aromatic heterocycles. The molecule has 0 spiro atoms. The van der Waals surface area contributed by atoms with Crippen LogP contribution in [0.15, 0.2) is 30.5 Å². The number of nitrogens with zero attached hydrogens (tertiary/aromatic N) is 3. The molecule has 1 aromatic carbocycles. The molecule has 0 saturated heterocycles. The van der Waals surface area contributed by atoms with E-state index in [1.807, 2.05) is 24.4 Å². The lowest BCUT2D eigenvalue weighted by Crippen LogP contribution is -2.14. The maximum absolute atomic E-state index is 10.2. The minimum absolute atomic E-state index is 0.351. The van der Waals surface area contributed by atoms with Gasteiger partial charge in [0.2, 0.25) is 0 Å². The minimum Gasteiger partial charge on any atom is -0.385 e. The Balaban J connectivity index is 1.99. The van der Waals surface area contributed by atoms with Crippen LogP contribution in [0.4, 0.5) is 0 Å². The van der Waals surface area contributed by atoms with Crippen LogP contribution >= 0.6 is 0 Å². The van der Waals surface area contributed by atoms with Crippen molar-refractivity contribution in [1.82, 2.24) is 14.5 Å². The summed E-state index contributed by atoms with van der Waals surface area (Å²) >= 11 is 0. The largest absolute Gasteiger partial charge is 0.385 e. The zero-order chi connectivity index (χ0) is 16.0. The lowest BCUT2D eigenvalue weighted by atomic mass is 10.1. The molecular formula is C18H22N4O. The van der Waals surface area contributed by atoms with Crippen molar-refractivity contribution in [1.29, 1.82) is 0 Å². The fourth-order valence-corrected chi connectivity index (χ4v) is 3.90. The molecule has 1 saturated carbocycles. The standard InChI is InChI=1S/C18H22N4O/c1-11(23)18-21-16-10-20-15-5-3-2-4-14(15)17(16)22(18)13-7-6-12(8-13)9-19/h2-5,10-13,23H,6-9,19H2,1H3/t11-,12-,13+/m1/s1. The number of aliphatic hydroxyl groups excluding tert-OH is 1. The van der Waals surface area contributed by atoms with Crippen molar-refractivity contribution in [2.24, 2.45) is 11.7 Å². The first-order chi connectivity index (χ1) is 11.2. The van der Waals surface area contributed by atoms with E-state index in [9.17, 15) is 5.11 Å². The van der Waals surface area contributed by atoms with Crippen molar-refractivity contribution < 1.29 is 5.11 Å². The molecule has 23 heavy (non-hydrogen) atoms. The number of aliphatic hydroxyl groups is 1. The van der Waals surface area contributed by atoms with Gasteiger partial charge in [-0.05, 0) is 44.7 Å². The maximum atomic E-state index is 10.2. The maximum Gasteiger partial charge on any atom is 0.138 e. The molecule has 5 heteroatoms. The monoisotopic (exact) mass is 310 g/mol. The van der Waals surface area contributed by atoms with E-state index in [4.69, 9.17) is 5.73 Å². The highest BCUT2D eigenvalue weighted by atomic mass is 16.3. The number of aromatic nitrogens is 3. The number of pyridine rings is 1. The van der Waals surface area contributed by atoms with E-state index in [1.54, 1.807) is 6.92 Å². The van der Waals surface area contributed by atoms with Crippen LogP contribution < -0.4 is 5.73 Å². The molecule has 5 nitrogen and oxygen atoms in total. The molecule has 0 aliphatic heterocycles. The lowest BCUT2D eigenvalue weighted by Gasteiger charge is -2.19. The number of imidazole rings is 1. The fourth-order valence-electron chi connectivity index (χ4n) is 3.90. The Morgan fingerprint density at radius 2 is 2.13 bits per heavy atom. The fraction of sp³-hybridized carbons (Fsp3) is 0.444. The van der Waals surface area contributed by atoms with Crippen LogP contribution in [0, 0.1) is 5.92 Å². The third-order valence-electron chi connectivity index (χ3n) is 5.04. The molecule has 1 aliphatic carbocycles. The van der Waals surface area contributed by atoms with Gasteiger partial charge in [-0.25, -0.2) is 4.98 Å². The van der Waals surface area contributed by atoms with E-state index >= 15 is 0 Å². The summed E-state index contributed by atoms with van der Waals surface area (Å²) < 4.78 is 2.25. The van der Waals surface area contributed by atoms with Gasteiger partial charge in [0.1, 0.15) is 17.4 Å². The second-order valence-electron chi connectivity index (χ2n) is 6.59. The van der Waals surface area contributed by atoms with Crippen LogP contribution in [0.2, 0.25) is 0 Å². The van der Waals surface area contributed by atoms with Crippen LogP contribution in [-0.2, 0) is 0 Å². The Bertz CT molecular complexity index is 855. The number of para-hydroxylation sites is 1. The second kappa shape index (κ2) is 5.58. The van der Waals surface area contributed by atoms with E-state index in [0.29, 0.717) is 12.0 Å². The molecule has 0 amide bonds. The van der Waals surface area contributed by atoms with E-state index in [1.165, 1.54) is 0 Å². The van der Waals surface area contributed by atoms with E-state index in [2.05, 4.69) is 20.6 Å². The summed E-state index contributed by atoms with van der Waals surface area (Å²) in [5, 5.41) is 11.3. The molecule has 3 aromatic rings. The summed E-state index contributed by atoms with van der Waals surface area (Å²) in [6.45, 7) is 2.51. The SMILES string of the molecule is C[C@@H](O)c1nc2cnc3ccccc3c2n1[C@H]1CC[C@@H](CN)C1. The Kier molecular flexibility index (Phi) is 3.54. The lowest BCUT2D eigenvalue weighted by molar-refractivity contribution is 0.181. The highest BCUT2D eigenvalue weighted by molar-refractivity contribution is 6.02. The topological polar surface area (TPSA) is 77.0 Å². The molecule has 0 radical (unpaired) electrons. The summed E-state index contributed by atoms with van der Waals surface area (Å²) in [4.78, 5) is 9.18. The number of benzene rings is 1. The van der Waals surface area contributed by atoms with Crippen molar-refractivity contribution in [3.05, 3.63) is 36.3 Å². The summed E-state index contributed by atoms with van der Waals surface area (Å²) in [7, 11) is 0. The highest BCUT2D eigenvalue weighted by Gasteiger charge is 2.29. The third-order valence-corrected chi connectivity index (χ3v) is 5.04. The number of hydrogen-bond acceptors (Lipinski definition) is 4. The van der Waals surface area contributed by atoms with Crippen molar-refractivity contribution >= 4 is 21.9 Å². The Hall–Kier alpha value is -1.98. The molecule has 4 rings (SSSR count). The predicted octanol–water partition coefficient (Wildman–Crippen LogP) is 2.94. The third kappa shape index (κ3) is 2.31. The van der Waals surface area contributed by atoms with Crippen molar-refractivity contribution in [3.63, 3.8) is 0 Å². The second-order valence-corrected chi connectivity index (χ2v) is 6.59. The average Bonchev–Trinajstić information content (AvgIpc) is 3.18. The van der Waals surface area contributed by atoms with Gasteiger partial charge in [-0.15, -0.1) is 0 Å². The average molecular weight is 310 g/mol. The summed E-state index contributed by atoms with van der Waals surface area (Å²) in [6.07, 6.45) is 4.50. The first-order valence-corrected chi connectivity index (χ1v) is 8.32. The number of fused-ring (bicyclic) bond motifs is 3. The minimum atomic E-state index is -0.599. The summed E-state index contributed by atoms with van der Waals surface area (Å²) in [6, 6.07) is 8.48. The molecule has 3 N–H and O–H groups in total. The van der Waals surface area contributed by atoms with Crippen LogP contribution in [0.1, 0.15) is 44.2 Å². The molecule has 1 aliphatic rings. The van der Waals surface area contributed by atoms with Gasteiger partial charge >= 0.3 is 0 Å². The van der Waals surface area contributed by atoms with Crippen LogP contribution in [-0.4, -0.2) is 26.2 Å². The van der Waals surface area contributed by atoms with Gasteiger partial charge in [0.15, 0.2) is 0 Å². The number of rotatable bonds is 3. The molecule has 0 unspecified atom stereocenters. The molecule has 3 atom stereocenters. The number of nitrogens with two attached hydrogens (primary N) is 1. The molecular weight excluding hydrogens is 288 g/mol. The zero-order valence-electron chi connectivity index (χ0n) is 13.3. The quantitative estimate of drug-likeness (QED) is 0.780. The van der Waals surface area contributed by atoms with Crippen LogP contribution in [0.5, 0.6) is 0 Å². The van der Waals surface area contributed by atoms with E-state index in [0.717, 1.165) is 53.6 Å². The normalized spacial score (nSPS) is 22.9. The smallest absolute Gasteiger partial charge is 0.138 e. The highest BCUT2D eigenvalue weighted by Crippen LogP contribution is 2.39. The molecule has 0 bridgehead atoms. The molecule has 1 fully saturated rings. The van der Waals surface area contributed by atoms with Crippen molar-refractivity contribution in [2.75, 3.05) is 6.54 Å². The Morgan fingerprint density at radius 1 is 1.30 bits per heavy atom. The first-order valence-electron chi connectivity index (χ1n) is 8.32. The number of hydrogen-bond donors (Lipinski definition) is 2. The van der Waals surface area contributed by atoms with Gasteiger partial charge in [-0.2, -0.15) is 0 Å². The Morgan fingerprint density at radius 3 is 2.87 bits per heavy atom. The zero-order valence-corrected chi connectivity index (χ0v) is 13.3. The van der Waals surface area contributed by atoms with Crippen molar-refractivity contribution in [2.45, 2.75) is 38.3 Å². The van der Waals surface area contributed by atoms with Gasteiger partial charge in [-0.1, -0.05) is 18.2 Å². The van der Waals surface area contributed by atoms with Gasteiger partial charge in [0, 0.05) is 11.4 Å². The first kappa shape index (κ1) is 14.6. The summed E-state index contributed by atoms with van der Waals surface area (Å²) in [5.74, 6) is 1.30.